The Balaban J connectivity index is 3.42. The number of ether oxygens (including phenoxy) is 1. The predicted octanol–water partition coefficient (Wildman–Crippen LogP) is 2.54. The van der Waals surface area contributed by atoms with Gasteiger partial charge < -0.3 is 4.74 Å². The Labute approximate surface area is 96.7 Å². The Kier molecular flexibility index (Phi) is 3.72. The second-order valence-electron chi connectivity index (χ2n) is 2.44. The molecule has 1 rings (SSSR count). The normalized spacial score (nSPS) is 10.5. The van der Waals surface area contributed by atoms with Crippen molar-refractivity contribution in [3.05, 3.63) is 25.4 Å². The Hall–Kier alpha value is -1.06. The summed E-state index contributed by atoms with van der Waals surface area (Å²) in [5.74, 6) is -0.270. The molecule has 0 amide bonds. The maximum Gasteiger partial charge on any atom is 0.344 e. The first-order valence-corrected chi connectivity index (χ1v) is 4.71. The summed E-state index contributed by atoms with van der Waals surface area (Å²) < 4.78 is 29.3. The van der Waals surface area contributed by atoms with Crippen LogP contribution >= 0.6 is 22.6 Å². The average Bonchev–Trinajstić information content (AvgIpc) is 2.15. The third kappa shape index (κ3) is 2.30. The van der Waals surface area contributed by atoms with Gasteiger partial charge in [0, 0.05) is 6.20 Å². The second-order valence-corrected chi connectivity index (χ2v) is 3.52. The lowest BCUT2D eigenvalue weighted by atomic mass is 10.2. The molecule has 0 atom stereocenters. The van der Waals surface area contributed by atoms with Crippen molar-refractivity contribution in [2.24, 2.45) is 0 Å². The van der Waals surface area contributed by atoms with Crippen LogP contribution in [0.2, 0.25) is 0 Å². The molecule has 0 radical (unpaired) electrons. The molecule has 0 aliphatic rings. The van der Waals surface area contributed by atoms with Gasteiger partial charge in [-0.05, 0) is 22.6 Å². The van der Waals surface area contributed by atoms with E-state index >= 15 is 0 Å². The third-order valence-corrected chi connectivity index (χ3v) is 2.73. The standard InChI is InChI=1S/C7H5F2IN2O3/c1-15-7-5(12(13)14)4(10)3(2-11-7)6(8)9/h2,6H,1H3. The van der Waals surface area contributed by atoms with Crippen LogP contribution in [0, 0.1) is 13.7 Å². The third-order valence-electron chi connectivity index (χ3n) is 1.60. The smallest absolute Gasteiger partial charge is 0.344 e. The number of pyridine rings is 1. The van der Waals surface area contributed by atoms with E-state index in [0.717, 1.165) is 6.20 Å². The van der Waals surface area contributed by atoms with Crippen molar-refractivity contribution in [2.75, 3.05) is 7.11 Å². The Morgan fingerprint density at radius 1 is 1.67 bits per heavy atom. The zero-order valence-electron chi connectivity index (χ0n) is 7.41. The highest BCUT2D eigenvalue weighted by atomic mass is 127. The molecule has 0 spiro atoms. The minimum absolute atomic E-state index is 0.153. The van der Waals surface area contributed by atoms with Gasteiger partial charge in [-0.2, -0.15) is 0 Å². The molecule has 0 aromatic carbocycles. The number of hydrogen-bond donors (Lipinski definition) is 0. The lowest BCUT2D eigenvalue weighted by Gasteiger charge is -2.06. The number of halogens is 3. The van der Waals surface area contributed by atoms with Gasteiger partial charge in [-0.15, -0.1) is 0 Å². The maximum atomic E-state index is 12.4. The van der Waals surface area contributed by atoms with Crippen LogP contribution in [-0.2, 0) is 0 Å². The Morgan fingerprint density at radius 2 is 2.27 bits per heavy atom. The van der Waals surface area contributed by atoms with Crippen LogP contribution in [0.3, 0.4) is 0 Å². The highest BCUT2D eigenvalue weighted by Crippen LogP contribution is 2.35. The minimum Gasteiger partial charge on any atom is -0.476 e. The average molecular weight is 330 g/mol. The summed E-state index contributed by atoms with van der Waals surface area (Å²) >= 11 is 1.48. The van der Waals surface area contributed by atoms with Crippen LogP contribution < -0.4 is 4.74 Å². The van der Waals surface area contributed by atoms with Crippen molar-refractivity contribution >= 4 is 28.3 Å². The summed E-state index contributed by atoms with van der Waals surface area (Å²) in [5.41, 5.74) is -1.00. The largest absolute Gasteiger partial charge is 0.476 e. The molecule has 82 valence electrons. The van der Waals surface area contributed by atoms with Gasteiger partial charge >= 0.3 is 5.69 Å². The zero-order chi connectivity index (χ0) is 11.6. The van der Waals surface area contributed by atoms with Crippen molar-refractivity contribution in [3.8, 4) is 5.88 Å². The molecule has 1 heterocycles. The summed E-state index contributed by atoms with van der Waals surface area (Å²) in [7, 11) is 1.19. The van der Waals surface area contributed by atoms with Gasteiger partial charge in [-0.3, -0.25) is 10.1 Å². The van der Waals surface area contributed by atoms with Crippen LogP contribution in [0.5, 0.6) is 5.88 Å². The summed E-state index contributed by atoms with van der Waals surface area (Å²) in [6, 6.07) is 0. The predicted molar refractivity (Wildman–Crippen MR) is 55.1 cm³/mol. The van der Waals surface area contributed by atoms with E-state index in [1.54, 1.807) is 0 Å². The summed E-state index contributed by atoms with van der Waals surface area (Å²) in [4.78, 5) is 13.3. The zero-order valence-corrected chi connectivity index (χ0v) is 9.57. The minimum atomic E-state index is -2.80. The van der Waals surface area contributed by atoms with E-state index in [4.69, 9.17) is 0 Å². The number of rotatable bonds is 3. The van der Waals surface area contributed by atoms with Crippen LogP contribution in [0.15, 0.2) is 6.20 Å². The van der Waals surface area contributed by atoms with Crippen molar-refractivity contribution in [1.29, 1.82) is 0 Å². The molecular formula is C7H5F2IN2O3. The number of hydrogen-bond acceptors (Lipinski definition) is 4. The van der Waals surface area contributed by atoms with Crippen LogP contribution in [0.4, 0.5) is 14.5 Å². The van der Waals surface area contributed by atoms with E-state index in [-0.39, 0.29) is 9.45 Å². The molecule has 0 N–H and O–H groups in total. The molecule has 1 aromatic rings. The fourth-order valence-electron chi connectivity index (χ4n) is 0.936. The monoisotopic (exact) mass is 330 g/mol. The Morgan fingerprint density at radius 3 is 2.67 bits per heavy atom. The van der Waals surface area contributed by atoms with Crippen molar-refractivity contribution < 1.29 is 18.4 Å². The maximum absolute atomic E-state index is 12.4. The molecule has 5 nitrogen and oxygen atoms in total. The van der Waals surface area contributed by atoms with Gasteiger partial charge in [0.15, 0.2) is 0 Å². The van der Waals surface area contributed by atoms with E-state index in [1.807, 2.05) is 0 Å². The molecule has 0 aliphatic carbocycles. The van der Waals surface area contributed by atoms with Gasteiger partial charge in [0.05, 0.1) is 17.6 Å². The first-order valence-electron chi connectivity index (χ1n) is 3.64. The van der Waals surface area contributed by atoms with Gasteiger partial charge in [-0.25, -0.2) is 13.8 Å². The van der Waals surface area contributed by atoms with E-state index in [1.165, 1.54) is 29.7 Å². The van der Waals surface area contributed by atoms with Crippen LogP contribution in [-0.4, -0.2) is 17.0 Å². The first-order chi connectivity index (χ1) is 6.99. The van der Waals surface area contributed by atoms with Gasteiger partial charge in [0.2, 0.25) is 0 Å². The fraction of sp³-hybridized carbons (Fsp3) is 0.286. The molecular weight excluding hydrogens is 325 g/mol. The highest BCUT2D eigenvalue weighted by Gasteiger charge is 2.27. The first kappa shape index (κ1) is 12.0. The summed E-state index contributed by atoms with van der Waals surface area (Å²) in [6.07, 6.45) is -1.92. The molecule has 0 fully saturated rings. The van der Waals surface area contributed by atoms with Crippen molar-refractivity contribution in [1.82, 2.24) is 4.98 Å². The fourth-order valence-corrected chi connectivity index (χ4v) is 1.74. The summed E-state index contributed by atoms with van der Waals surface area (Å²) in [6.45, 7) is 0. The number of aromatic nitrogens is 1. The number of methoxy groups -OCH3 is 1. The second kappa shape index (κ2) is 4.64. The van der Waals surface area contributed by atoms with Crippen LogP contribution in [0.1, 0.15) is 12.0 Å². The number of nitrogens with zero attached hydrogens (tertiary/aromatic N) is 2. The molecule has 0 bridgehead atoms. The topological polar surface area (TPSA) is 65.3 Å². The molecule has 0 saturated carbocycles. The molecule has 0 saturated heterocycles. The molecule has 8 heteroatoms. The van der Waals surface area contributed by atoms with E-state index in [9.17, 15) is 18.9 Å². The van der Waals surface area contributed by atoms with E-state index in [0.29, 0.717) is 0 Å². The summed E-state index contributed by atoms with van der Waals surface area (Å²) in [5, 5.41) is 10.6. The van der Waals surface area contributed by atoms with Gasteiger partial charge in [0.1, 0.15) is 3.57 Å². The van der Waals surface area contributed by atoms with E-state index in [2.05, 4.69) is 9.72 Å². The van der Waals surface area contributed by atoms with Crippen molar-refractivity contribution in [3.63, 3.8) is 0 Å². The van der Waals surface area contributed by atoms with E-state index < -0.39 is 22.6 Å². The van der Waals surface area contributed by atoms with Gasteiger partial charge in [-0.1, -0.05) is 0 Å². The number of alkyl halides is 2. The molecule has 1 aromatic heterocycles. The molecule has 0 aliphatic heterocycles. The lowest BCUT2D eigenvalue weighted by molar-refractivity contribution is -0.387. The Bertz CT molecular complexity index is 400. The quantitative estimate of drug-likeness (QED) is 0.485. The van der Waals surface area contributed by atoms with Crippen LogP contribution in [0.25, 0.3) is 0 Å². The molecule has 15 heavy (non-hydrogen) atoms. The highest BCUT2D eigenvalue weighted by molar-refractivity contribution is 14.1. The lowest BCUT2D eigenvalue weighted by Crippen LogP contribution is -2.02. The number of nitro groups is 1. The van der Waals surface area contributed by atoms with Gasteiger partial charge in [0.25, 0.3) is 12.3 Å². The van der Waals surface area contributed by atoms with Crippen molar-refractivity contribution in [2.45, 2.75) is 6.43 Å². The SMILES string of the molecule is COc1ncc(C(F)F)c(I)c1[N+](=O)[O-]. The molecule has 0 unspecified atom stereocenters.